The van der Waals surface area contributed by atoms with Crippen molar-refractivity contribution in [3.63, 3.8) is 0 Å². The fourth-order valence-corrected chi connectivity index (χ4v) is 1.76. The summed E-state index contributed by atoms with van der Waals surface area (Å²) in [4.78, 5) is 0. The molecule has 1 aromatic rings. The SMILES string of the molecule is CCc1cc(Cl)c(OC)c(C(C)N)c1. The van der Waals surface area contributed by atoms with Crippen LogP contribution >= 0.6 is 11.6 Å². The van der Waals surface area contributed by atoms with Crippen LogP contribution in [0.2, 0.25) is 5.02 Å². The first-order valence-electron chi connectivity index (χ1n) is 4.72. The molecule has 0 aliphatic heterocycles. The molecule has 2 N–H and O–H groups in total. The van der Waals surface area contributed by atoms with Crippen molar-refractivity contribution in [3.05, 3.63) is 28.3 Å². The van der Waals surface area contributed by atoms with Gasteiger partial charge >= 0.3 is 0 Å². The van der Waals surface area contributed by atoms with Gasteiger partial charge in [-0.3, -0.25) is 0 Å². The van der Waals surface area contributed by atoms with Crippen LogP contribution in [0.25, 0.3) is 0 Å². The molecule has 0 radical (unpaired) electrons. The quantitative estimate of drug-likeness (QED) is 0.838. The van der Waals surface area contributed by atoms with E-state index in [-0.39, 0.29) is 6.04 Å². The van der Waals surface area contributed by atoms with Crippen molar-refractivity contribution in [1.82, 2.24) is 0 Å². The van der Waals surface area contributed by atoms with Gasteiger partial charge in [-0.25, -0.2) is 0 Å². The summed E-state index contributed by atoms with van der Waals surface area (Å²) >= 11 is 6.08. The number of rotatable bonds is 3. The second-order valence-electron chi connectivity index (χ2n) is 3.34. The Balaban J connectivity index is 3.28. The Hall–Kier alpha value is -0.730. The maximum absolute atomic E-state index is 6.08. The summed E-state index contributed by atoms with van der Waals surface area (Å²) in [6, 6.07) is 3.91. The Labute approximate surface area is 90.0 Å². The van der Waals surface area contributed by atoms with Crippen molar-refractivity contribution in [2.45, 2.75) is 26.3 Å². The van der Waals surface area contributed by atoms with Gasteiger partial charge in [-0.1, -0.05) is 24.6 Å². The number of aryl methyl sites for hydroxylation is 1. The minimum absolute atomic E-state index is 0.0612. The Kier molecular flexibility index (Phi) is 3.78. The van der Waals surface area contributed by atoms with E-state index < -0.39 is 0 Å². The number of benzene rings is 1. The third-order valence-electron chi connectivity index (χ3n) is 2.24. The Morgan fingerprint density at radius 3 is 2.57 bits per heavy atom. The van der Waals surface area contributed by atoms with Gasteiger partial charge in [0.1, 0.15) is 5.75 Å². The Morgan fingerprint density at radius 1 is 1.50 bits per heavy atom. The number of methoxy groups -OCH3 is 1. The lowest BCUT2D eigenvalue weighted by Crippen LogP contribution is -2.08. The molecule has 2 nitrogen and oxygen atoms in total. The summed E-state index contributed by atoms with van der Waals surface area (Å²) in [5, 5.41) is 0.638. The minimum Gasteiger partial charge on any atom is -0.495 e. The van der Waals surface area contributed by atoms with Crippen molar-refractivity contribution >= 4 is 11.6 Å². The maximum Gasteiger partial charge on any atom is 0.142 e. The molecule has 0 saturated heterocycles. The first-order valence-corrected chi connectivity index (χ1v) is 5.09. The average molecular weight is 214 g/mol. The van der Waals surface area contributed by atoms with E-state index in [1.165, 1.54) is 5.56 Å². The van der Waals surface area contributed by atoms with Crippen molar-refractivity contribution in [1.29, 1.82) is 0 Å². The number of ether oxygens (including phenoxy) is 1. The molecule has 0 spiro atoms. The van der Waals surface area contributed by atoms with Crippen molar-refractivity contribution in [3.8, 4) is 5.75 Å². The zero-order chi connectivity index (χ0) is 10.7. The van der Waals surface area contributed by atoms with Crippen LogP contribution in [0.5, 0.6) is 5.75 Å². The lowest BCUT2D eigenvalue weighted by Gasteiger charge is -2.14. The maximum atomic E-state index is 6.08. The molecule has 0 aliphatic carbocycles. The lowest BCUT2D eigenvalue weighted by molar-refractivity contribution is 0.407. The summed E-state index contributed by atoms with van der Waals surface area (Å²) in [6.45, 7) is 4.01. The molecule has 0 aliphatic rings. The summed E-state index contributed by atoms with van der Waals surface area (Å²) in [7, 11) is 1.61. The van der Waals surface area contributed by atoms with Gasteiger partial charge < -0.3 is 10.5 Å². The van der Waals surface area contributed by atoms with E-state index in [4.69, 9.17) is 22.1 Å². The highest BCUT2D eigenvalue weighted by Crippen LogP contribution is 2.33. The van der Waals surface area contributed by atoms with Gasteiger partial charge in [-0.2, -0.15) is 0 Å². The van der Waals surface area contributed by atoms with E-state index in [0.717, 1.165) is 12.0 Å². The molecule has 0 amide bonds. The molecule has 3 heteroatoms. The first-order chi connectivity index (χ1) is 6.60. The molecule has 1 unspecified atom stereocenters. The predicted molar refractivity (Wildman–Crippen MR) is 60.0 cm³/mol. The smallest absolute Gasteiger partial charge is 0.142 e. The van der Waals surface area contributed by atoms with Gasteiger partial charge in [-0.15, -0.1) is 0 Å². The zero-order valence-corrected chi connectivity index (χ0v) is 9.56. The molecule has 0 fully saturated rings. The molecule has 1 atom stereocenters. The summed E-state index contributed by atoms with van der Waals surface area (Å²) < 4.78 is 5.22. The molecule has 14 heavy (non-hydrogen) atoms. The number of halogens is 1. The van der Waals surface area contributed by atoms with Gasteiger partial charge in [0.25, 0.3) is 0 Å². The van der Waals surface area contributed by atoms with Gasteiger partial charge in [0.15, 0.2) is 0 Å². The van der Waals surface area contributed by atoms with E-state index >= 15 is 0 Å². The molecule has 1 aromatic carbocycles. The van der Waals surface area contributed by atoms with Crippen LogP contribution in [0.15, 0.2) is 12.1 Å². The van der Waals surface area contributed by atoms with Crippen LogP contribution in [-0.2, 0) is 6.42 Å². The molecule has 0 bridgehead atoms. The van der Waals surface area contributed by atoms with E-state index in [9.17, 15) is 0 Å². The molecule has 78 valence electrons. The normalized spacial score (nSPS) is 12.6. The molecular formula is C11H16ClNO. The van der Waals surface area contributed by atoms with E-state index in [1.807, 2.05) is 13.0 Å². The predicted octanol–water partition coefficient (Wildman–Crippen LogP) is 2.93. The van der Waals surface area contributed by atoms with Crippen LogP contribution in [-0.4, -0.2) is 7.11 Å². The van der Waals surface area contributed by atoms with Crippen molar-refractivity contribution in [2.75, 3.05) is 7.11 Å². The fourth-order valence-electron chi connectivity index (χ4n) is 1.43. The van der Waals surface area contributed by atoms with Crippen LogP contribution in [0.3, 0.4) is 0 Å². The van der Waals surface area contributed by atoms with Gasteiger partial charge in [0.2, 0.25) is 0 Å². The van der Waals surface area contributed by atoms with E-state index in [1.54, 1.807) is 7.11 Å². The monoisotopic (exact) mass is 213 g/mol. The van der Waals surface area contributed by atoms with Crippen molar-refractivity contribution in [2.24, 2.45) is 5.73 Å². The number of hydrogen-bond acceptors (Lipinski definition) is 2. The molecule has 1 rings (SSSR count). The second-order valence-corrected chi connectivity index (χ2v) is 3.75. The first kappa shape index (κ1) is 11.3. The van der Waals surface area contributed by atoms with Crippen molar-refractivity contribution < 1.29 is 4.74 Å². The van der Waals surface area contributed by atoms with E-state index in [0.29, 0.717) is 10.8 Å². The van der Waals surface area contributed by atoms with Gasteiger partial charge in [0, 0.05) is 11.6 Å². The lowest BCUT2D eigenvalue weighted by atomic mass is 10.0. The fraction of sp³-hybridized carbons (Fsp3) is 0.455. The molecule has 0 heterocycles. The topological polar surface area (TPSA) is 35.2 Å². The van der Waals surface area contributed by atoms with Crippen LogP contribution in [0.1, 0.15) is 31.0 Å². The number of nitrogens with two attached hydrogens (primary N) is 1. The Morgan fingerprint density at radius 2 is 2.14 bits per heavy atom. The van der Waals surface area contributed by atoms with Crippen LogP contribution in [0, 0.1) is 0 Å². The molecule has 0 aromatic heterocycles. The van der Waals surface area contributed by atoms with Gasteiger partial charge in [-0.05, 0) is 25.0 Å². The largest absolute Gasteiger partial charge is 0.495 e. The Bertz CT molecular complexity index is 323. The molecular weight excluding hydrogens is 198 g/mol. The summed E-state index contributed by atoms with van der Waals surface area (Å²) in [5.41, 5.74) is 8.00. The third kappa shape index (κ3) is 2.20. The summed E-state index contributed by atoms with van der Waals surface area (Å²) in [6.07, 6.45) is 0.948. The van der Waals surface area contributed by atoms with E-state index in [2.05, 4.69) is 13.0 Å². The van der Waals surface area contributed by atoms with Gasteiger partial charge in [0.05, 0.1) is 12.1 Å². The standard InChI is InChI=1S/C11H16ClNO/c1-4-8-5-9(7(2)13)11(14-3)10(12)6-8/h5-7H,4,13H2,1-3H3. The summed E-state index contributed by atoms with van der Waals surface area (Å²) in [5.74, 6) is 0.693. The number of hydrogen-bond donors (Lipinski definition) is 1. The third-order valence-corrected chi connectivity index (χ3v) is 2.52. The van der Waals surface area contributed by atoms with Crippen LogP contribution in [0.4, 0.5) is 0 Å². The highest BCUT2D eigenvalue weighted by molar-refractivity contribution is 6.32. The molecule has 0 saturated carbocycles. The average Bonchev–Trinajstić information content (AvgIpc) is 2.16. The second kappa shape index (κ2) is 4.67. The minimum atomic E-state index is -0.0612. The van der Waals surface area contributed by atoms with Crippen LogP contribution < -0.4 is 10.5 Å². The zero-order valence-electron chi connectivity index (χ0n) is 8.80. The highest BCUT2D eigenvalue weighted by Gasteiger charge is 2.12. The highest BCUT2D eigenvalue weighted by atomic mass is 35.5.